The molecule has 6 nitrogen and oxygen atoms in total. The first kappa shape index (κ1) is 14.7. The Labute approximate surface area is 118 Å². The van der Waals surface area contributed by atoms with Crippen molar-refractivity contribution in [3.8, 4) is 0 Å². The molecule has 0 aromatic carbocycles. The second-order valence-electron chi connectivity index (χ2n) is 5.72. The molecule has 1 aliphatic carbocycles. The fourth-order valence-electron chi connectivity index (χ4n) is 2.96. The third-order valence-electron chi connectivity index (χ3n) is 4.27. The molecule has 2 atom stereocenters. The van der Waals surface area contributed by atoms with Crippen molar-refractivity contribution >= 4 is 11.5 Å². The molecule has 0 aliphatic heterocycles. The molecule has 112 valence electrons. The third kappa shape index (κ3) is 2.89. The van der Waals surface area contributed by atoms with Gasteiger partial charge in [-0.1, -0.05) is 26.7 Å². The highest BCUT2D eigenvalue weighted by atomic mass is 16.2. The Morgan fingerprint density at radius 3 is 2.75 bits per heavy atom. The Morgan fingerprint density at radius 1 is 1.40 bits per heavy atom. The lowest BCUT2D eigenvalue weighted by Crippen LogP contribution is -2.34. The number of nitrogens with zero attached hydrogens (tertiary/aromatic N) is 1. The number of aromatic nitrogens is 2. The first-order chi connectivity index (χ1) is 9.54. The number of nitrogen functional groups attached to an aromatic ring is 1. The van der Waals surface area contributed by atoms with Gasteiger partial charge >= 0.3 is 5.69 Å². The molecule has 1 aromatic heterocycles. The summed E-state index contributed by atoms with van der Waals surface area (Å²) < 4.78 is 1.42. The van der Waals surface area contributed by atoms with Crippen LogP contribution in [0.4, 0.5) is 11.5 Å². The van der Waals surface area contributed by atoms with Gasteiger partial charge in [0.25, 0.3) is 5.56 Å². The molecular weight excluding hydrogens is 256 g/mol. The molecule has 1 heterocycles. The first-order valence-corrected chi connectivity index (χ1v) is 7.41. The zero-order chi connectivity index (χ0) is 14.7. The Hall–Kier alpha value is -1.72. The topological polar surface area (TPSA) is 92.9 Å². The number of nitrogens with one attached hydrogen (secondary N) is 2. The fourth-order valence-corrected chi connectivity index (χ4v) is 2.96. The minimum atomic E-state index is -0.436. The van der Waals surface area contributed by atoms with E-state index in [0.717, 1.165) is 13.0 Å². The van der Waals surface area contributed by atoms with Crippen LogP contribution in [0.25, 0.3) is 0 Å². The van der Waals surface area contributed by atoms with Gasteiger partial charge in [0.05, 0.1) is 0 Å². The van der Waals surface area contributed by atoms with Crippen LogP contribution in [0.15, 0.2) is 9.59 Å². The predicted molar refractivity (Wildman–Crippen MR) is 81.0 cm³/mol. The minimum absolute atomic E-state index is 0.242. The van der Waals surface area contributed by atoms with E-state index >= 15 is 0 Å². The van der Waals surface area contributed by atoms with Gasteiger partial charge in [0.2, 0.25) is 0 Å². The SMILES string of the molecule is CCCn1c(N)c(NCC2CCCC2C)c(=O)[nH]c1=O. The first-order valence-electron chi connectivity index (χ1n) is 7.41. The molecule has 6 heteroatoms. The second-order valence-corrected chi connectivity index (χ2v) is 5.72. The number of hydrogen-bond acceptors (Lipinski definition) is 4. The van der Waals surface area contributed by atoms with Gasteiger partial charge in [-0.3, -0.25) is 14.3 Å². The largest absolute Gasteiger partial charge is 0.383 e. The van der Waals surface area contributed by atoms with Crippen molar-refractivity contribution in [1.29, 1.82) is 0 Å². The zero-order valence-electron chi connectivity index (χ0n) is 12.2. The molecule has 0 radical (unpaired) electrons. The van der Waals surface area contributed by atoms with Gasteiger partial charge in [0.15, 0.2) is 0 Å². The van der Waals surface area contributed by atoms with E-state index in [0.29, 0.717) is 24.1 Å². The monoisotopic (exact) mass is 280 g/mol. The number of nitrogens with two attached hydrogens (primary N) is 1. The minimum Gasteiger partial charge on any atom is -0.383 e. The lowest BCUT2D eigenvalue weighted by molar-refractivity contribution is 0.439. The summed E-state index contributed by atoms with van der Waals surface area (Å²) in [5.74, 6) is 1.48. The maximum atomic E-state index is 11.9. The van der Waals surface area contributed by atoms with Crippen LogP contribution in [-0.4, -0.2) is 16.1 Å². The van der Waals surface area contributed by atoms with E-state index in [1.54, 1.807) is 0 Å². The smallest absolute Gasteiger partial charge is 0.330 e. The van der Waals surface area contributed by atoms with Crippen LogP contribution >= 0.6 is 0 Å². The number of aromatic amines is 1. The van der Waals surface area contributed by atoms with Crippen LogP contribution < -0.4 is 22.3 Å². The summed E-state index contributed by atoms with van der Waals surface area (Å²) >= 11 is 0. The van der Waals surface area contributed by atoms with Crippen LogP contribution in [0.1, 0.15) is 39.5 Å². The maximum absolute atomic E-state index is 11.9. The van der Waals surface area contributed by atoms with E-state index in [2.05, 4.69) is 17.2 Å². The molecule has 2 unspecified atom stereocenters. The fraction of sp³-hybridized carbons (Fsp3) is 0.714. The van der Waals surface area contributed by atoms with Gasteiger partial charge in [-0.15, -0.1) is 0 Å². The van der Waals surface area contributed by atoms with E-state index < -0.39 is 11.2 Å². The van der Waals surface area contributed by atoms with Gasteiger partial charge in [-0.2, -0.15) is 0 Å². The molecule has 2 rings (SSSR count). The van der Waals surface area contributed by atoms with Crippen LogP contribution in [0.2, 0.25) is 0 Å². The Kier molecular flexibility index (Phi) is 4.52. The molecule has 0 spiro atoms. The standard InChI is InChI=1S/C14H24N4O2/c1-3-7-18-12(15)11(13(19)17-14(18)20)16-8-10-6-4-5-9(10)2/h9-10,16H,3-8,15H2,1-2H3,(H,17,19,20). The van der Waals surface area contributed by atoms with Crippen molar-refractivity contribution in [3.05, 3.63) is 20.8 Å². The van der Waals surface area contributed by atoms with Crippen molar-refractivity contribution in [2.75, 3.05) is 17.6 Å². The van der Waals surface area contributed by atoms with E-state index in [1.807, 2.05) is 6.92 Å². The molecular formula is C14H24N4O2. The summed E-state index contributed by atoms with van der Waals surface area (Å²) in [4.78, 5) is 25.9. The summed E-state index contributed by atoms with van der Waals surface area (Å²) in [5.41, 5.74) is 5.44. The average molecular weight is 280 g/mol. The molecule has 0 saturated heterocycles. The van der Waals surface area contributed by atoms with Gasteiger partial charge in [-0.25, -0.2) is 4.79 Å². The Balaban J connectivity index is 2.20. The molecule has 1 aliphatic rings. The molecule has 1 saturated carbocycles. The molecule has 1 aromatic rings. The van der Waals surface area contributed by atoms with E-state index in [-0.39, 0.29) is 5.82 Å². The predicted octanol–water partition coefficient (Wildman–Crippen LogP) is 1.38. The van der Waals surface area contributed by atoms with Crippen LogP contribution in [0, 0.1) is 11.8 Å². The zero-order valence-corrected chi connectivity index (χ0v) is 12.2. The molecule has 4 N–H and O–H groups in total. The van der Waals surface area contributed by atoms with Crippen molar-refractivity contribution in [2.45, 2.75) is 46.1 Å². The molecule has 0 bridgehead atoms. The number of H-pyrrole nitrogens is 1. The Morgan fingerprint density at radius 2 is 2.15 bits per heavy atom. The highest BCUT2D eigenvalue weighted by Crippen LogP contribution is 2.31. The molecule has 1 fully saturated rings. The van der Waals surface area contributed by atoms with Gasteiger partial charge in [-0.05, 0) is 24.7 Å². The summed E-state index contributed by atoms with van der Waals surface area (Å²) in [6, 6.07) is 0. The van der Waals surface area contributed by atoms with Crippen molar-refractivity contribution in [1.82, 2.24) is 9.55 Å². The molecule has 20 heavy (non-hydrogen) atoms. The van der Waals surface area contributed by atoms with Crippen molar-refractivity contribution < 1.29 is 0 Å². The van der Waals surface area contributed by atoms with Crippen LogP contribution in [0.5, 0.6) is 0 Å². The van der Waals surface area contributed by atoms with E-state index in [4.69, 9.17) is 5.73 Å². The second kappa shape index (κ2) is 6.15. The summed E-state index contributed by atoms with van der Waals surface area (Å²) in [6.45, 7) is 5.45. The van der Waals surface area contributed by atoms with Crippen LogP contribution in [0.3, 0.4) is 0 Å². The third-order valence-corrected chi connectivity index (χ3v) is 4.27. The normalized spacial score (nSPS) is 22.1. The van der Waals surface area contributed by atoms with Crippen molar-refractivity contribution in [2.24, 2.45) is 11.8 Å². The maximum Gasteiger partial charge on any atom is 0.330 e. The quantitative estimate of drug-likeness (QED) is 0.759. The summed E-state index contributed by atoms with van der Waals surface area (Å²) in [7, 11) is 0. The highest BCUT2D eigenvalue weighted by Gasteiger charge is 2.23. The lowest BCUT2D eigenvalue weighted by atomic mass is 9.98. The van der Waals surface area contributed by atoms with E-state index in [9.17, 15) is 9.59 Å². The lowest BCUT2D eigenvalue weighted by Gasteiger charge is -2.18. The summed E-state index contributed by atoms with van der Waals surface area (Å²) in [5, 5.41) is 3.15. The highest BCUT2D eigenvalue weighted by molar-refractivity contribution is 5.60. The average Bonchev–Trinajstić information content (AvgIpc) is 2.80. The Bertz CT molecular complexity index is 576. The van der Waals surface area contributed by atoms with Gasteiger partial charge in [0, 0.05) is 13.1 Å². The van der Waals surface area contributed by atoms with E-state index in [1.165, 1.54) is 23.8 Å². The number of hydrogen-bond donors (Lipinski definition) is 3. The number of anilines is 2. The summed E-state index contributed by atoms with van der Waals surface area (Å²) in [6.07, 6.45) is 4.46. The number of rotatable bonds is 5. The molecule has 0 amide bonds. The van der Waals surface area contributed by atoms with Gasteiger partial charge < -0.3 is 11.1 Å². The van der Waals surface area contributed by atoms with Gasteiger partial charge in [0.1, 0.15) is 11.5 Å². The van der Waals surface area contributed by atoms with Crippen LogP contribution in [-0.2, 0) is 6.54 Å². The van der Waals surface area contributed by atoms with Crippen molar-refractivity contribution in [3.63, 3.8) is 0 Å².